The van der Waals surface area contributed by atoms with Crippen LogP contribution >= 0.6 is 0 Å². The Morgan fingerprint density at radius 2 is 2.00 bits per heavy atom. The molecule has 0 unspecified atom stereocenters. The van der Waals surface area contributed by atoms with Crippen LogP contribution in [0.1, 0.15) is 45.4 Å². The molecule has 1 aromatic heterocycles. The van der Waals surface area contributed by atoms with E-state index in [-0.39, 0.29) is 18.0 Å². The maximum atomic E-state index is 11.8. The van der Waals surface area contributed by atoms with Crippen molar-refractivity contribution in [1.82, 2.24) is 15.3 Å². The summed E-state index contributed by atoms with van der Waals surface area (Å²) in [4.78, 5) is 20.5. The fourth-order valence-electron chi connectivity index (χ4n) is 1.79. The third kappa shape index (κ3) is 4.34. The lowest BCUT2D eigenvalue weighted by molar-refractivity contribution is -0.120. The van der Waals surface area contributed by atoms with E-state index in [0.29, 0.717) is 17.6 Å². The van der Waals surface area contributed by atoms with Gasteiger partial charge in [-0.3, -0.25) is 4.79 Å². The van der Waals surface area contributed by atoms with E-state index < -0.39 is 0 Å². The second-order valence-electron chi connectivity index (χ2n) is 6.07. The van der Waals surface area contributed by atoms with Crippen LogP contribution in [0.2, 0.25) is 0 Å². The van der Waals surface area contributed by atoms with Crippen LogP contribution in [-0.4, -0.2) is 28.0 Å². The average molecular weight is 278 g/mol. The highest BCUT2D eigenvalue weighted by molar-refractivity contribution is 5.81. The van der Waals surface area contributed by atoms with Crippen molar-refractivity contribution in [2.24, 2.45) is 5.84 Å². The van der Waals surface area contributed by atoms with Crippen LogP contribution in [0.5, 0.6) is 0 Å². The lowest BCUT2D eigenvalue weighted by atomic mass is 10.1. The number of aromatic nitrogens is 2. The summed E-state index contributed by atoms with van der Waals surface area (Å²) in [5.41, 5.74) is 2.28. The molecule has 110 valence electrons. The molecule has 1 aromatic rings. The first-order valence-corrected chi connectivity index (χ1v) is 6.78. The normalized spacial score (nSPS) is 14.8. The first-order chi connectivity index (χ1) is 9.37. The SMILES string of the molecule is CC(C)(C)NC(=O)CNc1cc(NN)nc(C2CC2)n1. The summed E-state index contributed by atoms with van der Waals surface area (Å²) in [7, 11) is 0. The van der Waals surface area contributed by atoms with E-state index >= 15 is 0 Å². The van der Waals surface area contributed by atoms with Gasteiger partial charge in [-0.05, 0) is 33.6 Å². The summed E-state index contributed by atoms with van der Waals surface area (Å²) in [5, 5.41) is 5.89. The molecule has 7 heteroatoms. The van der Waals surface area contributed by atoms with Crippen molar-refractivity contribution >= 4 is 17.5 Å². The molecule has 1 amide bonds. The molecule has 20 heavy (non-hydrogen) atoms. The van der Waals surface area contributed by atoms with Gasteiger partial charge in [0.1, 0.15) is 17.5 Å². The Balaban J connectivity index is 1.98. The Kier molecular flexibility index (Phi) is 4.08. The van der Waals surface area contributed by atoms with Gasteiger partial charge >= 0.3 is 0 Å². The number of nitrogens with two attached hydrogens (primary N) is 1. The van der Waals surface area contributed by atoms with Crippen LogP contribution in [0.25, 0.3) is 0 Å². The molecule has 1 fully saturated rings. The van der Waals surface area contributed by atoms with Crippen molar-refractivity contribution in [3.05, 3.63) is 11.9 Å². The van der Waals surface area contributed by atoms with E-state index in [2.05, 4.69) is 26.0 Å². The number of nitrogens with one attached hydrogen (secondary N) is 3. The standard InChI is InChI=1S/C13H22N6O/c1-13(2,3)18-11(20)7-15-9-6-10(19-14)17-12(16-9)8-4-5-8/h6,8H,4-5,7,14H2,1-3H3,(H,18,20)(H2,15,16,17,19). The summed E-state index contributed by atoms with van der Waals surface area (Å²) in [5.74, 6) is 7.69. The monoisotopic (exact) mass is 278 g/mol. The molecule has 1 heterocycles. The third-order valence-corrected chi connectivity index (χ3v) is 2.78. The summed E-state index contributed by atoms with van der Waals surface area (Å²) in [6.07, 6.45) is 2.22. The number of nitrogens with zero attached hydrogens (tertiary/aromatic N) is 2. The van der Waals surface area contributed by atoms with Crippen molar-refractivity contribution in [3.63, 3.8) is 0 Å². The Morgan fingerprint density at radius 3 is 2.55 bits per heavy atom. The Morgan fingerprint density at radius 1 is 1.35 bits per heavy atom. The topological polar surface area (TPSA) is 105 Å². The second kappa shape index (κ2) is 5.62. The highest BCUT2D eigenvalue weighted by Crippen LogP contribution is 2.38. The van der Waals surface area contributed by atoms with Crippen LogP contribution < -0.4 is 21.9 Å². The fraction of sp³-hybridized carbons (Fsp3) is 0.615. The van der Waals surface area contributed by atoms with Gasteiger partial charge in [0.05, 0.1) is 6.54 Å². The fourth-order valence-corrected chi connectivity index (χ4v) is 1.79. The number of amides is 1. The van der Waals surface area contributed by atoms with Gasteiger partial charge in [-0.25, -0.2) is 15.8 Å². The molecule has 0 radical (unpaired) electrons. The van der Waals surface area contributed by atoms with E-state index in [1.807, 2.05) is 20.8 Å². The van der Waals surface area contributed by atoms with E-state index in [1.165, 1.54) is 0 Å². The Hall–Kier alpha value is -1.89. The van der Waals surface area contributed by atoms with Crippen molar-refractivity contribution < 1.29 is 4.79 Å². The van der Waals surface area contributed by atoms with Gasteiger partial charge in [0.2, 0.25) is 5.91 Å². The minimum absolute atomic E-state index is 0.0775. The summed E-state index contributed by atoms with van der Waals surface area (Å²) in [6.45, 7) is 5.99. The summed E-state index contributed by atoms with van der Waals surface area (Å²) >= 11 is 0. The van der Waals surface area contributed by atoms with E-state index in [0.717, 1.165) is 18.7 Å². The van der Waals surface area contributed by atoms with Gasteiger partial charge < -0.3 is 16.1 Å². The zero-order chi connectivity index (χ0) is 14.8. The molecule has 0 aliphatic heterocycles. The lowest BCUT2D eigenvalue weighted by Gasteiger charge is -2.20. The molecule has 0 saturated heterocycles. The molecule has 1 saturated carbocycles. The predicted molar refractivity (Wildman–Crippen MR) is 78.2 cm³/mol. The quantitative estimate of drug-likeness (QED) is 0.472. The summed E-state index contributed by atoms with van der Waals surface area (Å²) in [6, 6.07) is 1.69. The maximum Gasteiger partial charge on any atom is 0.239 e. The van der Waals surface area contributed by atoms with Crippen LogP contribution in [0.3, 0.4) is 0 Å². The van der Waals surface area contributed by atoms with Gasteiger partial charge in [0.25, 0.3) is 0 Å². The molecule has 0 atom stereocenters. The molecule has 7 nitrogen and oxygen atoms in total. The van der Waals surface area contributed by atoms with Crippen LogP contribution in [0.15, 0.2) is 6.07 Å². The highest BCUT2D eigenvalue weighted by atomic mass is 16.2. The van der Waals surface area contributed by atoms with Gasteiger partial charge in [-0.2, -0.15) is 0 Å². The van der Waals surface area contributed by atoms with E-state index in [1.54, 1.807) is 6.07 Å². The van der Waals surface area contributed by atoms with Gasteiger partial charge in [0.15, 0.2) is 0 Å². The van der Waals surface area contributed by atoms with Gasteiger partial charge in [0, 0.05) is 17.5 Å². The van der Waals surface area contributed by atoms with Crippen LogP contribution in [-0.2, 0) is 4.79 Å². The smallest absolute Gasteiger partial charge is 0.239 e. The number of carbonyl (C=O) groups excluding carboxylic acids is 1. The molecule has 2 rings (SSSR count). The average Bonchev–Trinajstić information content (AvgIpc) is 3.18. The molecular weight excluding hydrogens is 256 g/mol. The first kappa shape index (κ1) is 14.5. The largest absolute Gasteiger partial charge is 0.361 e. The summed E-state index contributed by atoms with van der Waals surface area (Å²) < 4.78 is 0. The number of rotatable bonds is 5. The molecule has 0 aromatic carbocycles. The van der Waals surface area contributed by atoms with Crippen LogP contribution in [0.4, 0.5) is 11.6 Å². The van der Waals surface area contributed by atoms with Crippen LogP contribution in [0, 0.1) is 0 Å². The predicted octanol–water partition coefficient (Wildman–Crippen LogP) is 0.966. The van der Waals surface area contributed by atoms with E-state index in [9.17, 15) is 4.79 Å². The Bertz CT molecular complexity index is 492. The number of carbonyl (C=O) groups is 1. The molecule has 0 bridgehead atoms. The number of hydrogen-bond donors (Lipinski definition) is 4. The second-order valence-corrected chi connectivity index (χ2v) is 6.07. The number of nitrogen functional groups attached to an aromatic ring is 1. The minimum atomic E-state index is -0.242. The molecule has 1 aliphatic rings. The third-order valence-electron chi connectivity index (χ3n) is 2.78. The number of hydrazine groups is 1. The number of anilines is 2. The first-order valence-electron chi connectivity index (χ1n) is 6.78. The minimum Gasteiger partial charge on any atom is -0.361 e. The lowest BCUT2D eigenvalue weighted by Crippen LogP contribution is -2.43. The molecular formula is C13H22N6O. The zero-order valence-corrected chi connectivity index (χ0v) is 12.2. The van der Waals surface area contributed by atoms with Crippen molar-refractivity contribution in [3.8, 4) is 0 Å². The zero-order valence-electron chi connectivity index (χ0n) is 12.2. The molecule has 0 spiro atoms. The molecule has 1 aliphatic carbocycles. The molecule has 5 N–H and O–H groups in total. The van der Waals surface area contributed by atoms with Crippen molar-refractivity contribution in [2.45, 2.75) is 45.1 Å². The van der Waals surface area contributed by atoms with Gasteiger partial charge in [-0.1, -0.05) is 0 Å². The highest BCUT2D eigenvalue weighted by Gasteiger charge is 2.27. The van der Waals surface area contributed by atoms with Crippen molar-refractivity contribution in [1.29, 1.82) is 0 Å². The maximum absolute atomic E-state index is 11.8. The van der Waals surface area contributed by atoms with Gasteiger partial charge in [-0.15, -0.1) is 0 Å². The van der Waals surface area contributed by atoms with E-state index in [4.69, 9.17) is 5.84 Å². The van der Waals surface area contributed by atoms with Crippen molar-refractivity contribution in [2.75, 3.05) is 17.3 Å². The number of hydrogen-bond acceptors (Lipinski definition) is 6. The Labute approximate surface area is 118 Å².